The molecule has 2 heterocycles. The van der Waals surface area contributed by atoms with E-state index < -0.39 is 40.1 Å². The molecule has 0 unspecified atom stereocenters. The van der Waals surface area contributed by atoms with Gasteiger partial charge >= 0.3 is 12.3 Å². The van der Waals surface area contributed by atoms with Gasteiger partial charge in [-0.15, -0.1) is 0 Å². The Kier molecular flexibility index (Phi) is 7.46. The lowest BCUT2D eigenvalue weighted by atomic mass is 9.96. The lowest BCUT2D eigenvalue weighted by molar-refractivity contribution is -0.384. The van der Waals surface area contributed by atoms with Crippen LogP contribution in [0, 0.1) is 21.8 Å². The summed E-state index contributed by atoms with van der Waals surface area (Å²) in [5.74, 6) is -2.42. The molecule has 210 valence electrons. The highest BCUT2D eigenvalue weighted by Crippen LogP contribution is 2.42. The number of amides is 1. The summed E-state index contributed by atoms with van der Waals surface area (Å²) in [6, 6.07) is 7.24. The first kappa shape index (κ1) is 28.1. The number of hydrogen-bond donors (Lipinski definition) is 0. The number of aromatic nitrogens is 2. The van der Waals surface area contributed by atoms with Gasteiger partial charge in [0.25, 0.3) is 5.69 Å². The van der Waals surface area contributed by atoms with Crippen molar-refractivity contribution in [1.82, 2.24) is 14.5 Å². The van der Waals surface area contributed by atoms with Crippen molar-refractivity contribution in [3.05, 3.63) is 58.2 Å². The fraction of sp³-hybridized carbons (Fsp3) is 0.462. The molecule has 0 spiro atoms. The number of imidazole rings is 1. The number of para-hydroxylation sites is 1. The molecule has 9 nitrogen and oxygen atoms in total. The molecule has 39 heavy (non-hydrogen) atoms. The first-order valence-corrected chi connectivity index (χ1v) is 12.4. The van der Waals surface area contributed by atoms with Crippen LogP contribution in [0.25, 0.3) is 16.7 Å². The van der Waals surface area contributed by atoms with E-state index in [0.717, 1.165) is 18.2 Å². The number of fused-ring (bicyclic) bond motifs is 1. The van der Waals surface area contributed by atoms with Gasteiger partial charge < -0.3 is 14.5 Å². The molecule has 0 aliphatic carbocycles. The fourth-order valence-electron chi connectivity index (χ4n) is 4.86. The molecular formula is C26H29F4N5O4. The van der Waals surface area contributed by atoms with E-state index in [2.05, 4.69) is 4.98 Å². The van der Waals surface area contributed by atoms with E-state index in [1.165, 1.54) is 23.1 Å². The van der Waals surface area contributed by atoms with Crippen molar-refractivity contribution in [2.75, 3.05) is 31.6 Å². The van der Waals surface area contributed by atoms with Crippen LogP contribution in [0.2, 0.25) is 0 Å². The highest BCUT2D eigenvalue weighted by atomic mass is 19.4. The minimum Gasteiger partial charge on any atom is -0.444 e. The second kappa shape index (κ2) is 10.3. The number of alkyl halides is 3. The molecular weight excluding hydrogens is 522 g/mol. The maximum Gasteiger partial charge on any atom is 0.450 e. The van der Waals surface area contributed by atoms with E-state index in [-0.39, 0.29) is 41.4 Å². The van der Waals surface area contributed by atoms with Crippen LogP contribution in [0.15, 0.2) is 36.4 Å². The van der Waals surface area contributed by atoms with E-state index >= 15 is 0 Å². The molecule has 1 aliphatic heterocycles. The number of rotatable bonds is 5. The average Bonchev–Trinajstić information content (AvgIpc) is 3.23. The summed E-state index contributed by atoms with van der Waals surface area (Å²) in [6.07, 6.45) is -4.20. The third-order valence-corrected chi connectivity index (χ3v) is 6.40. The number of carbonyl (C=O) groups excluding carboxylic acids is 1. The van der Waals surface area contributed by atoms with Crippen molar-refractivity contribution in [1.29, 1.82) is 0 Å². The van der Waals surface area contributed by atoms with Crippen LogP contribution in [0.5, 0.6) is 0 Å². The molecule has 0 saturated carbocycles. The topological polar surface area (TPSA) is 93.7 Å². The SMILES string of the molecule is CN(C[C@@H]1CCCN(c2c([N+](=O)[O-])ccc3c2nc(C(F)(F)F)n3-c2ccccc2F)C1)C(=O)OC(C)(C)C. The zero-order valence-electron chi connectivity index (χ0n) is 22.0. The van der Waals surface area contributed by atoms with Crippen molar-refractivity contribution in [2.45, 2.75) is 45.4 Å². The molecule has 13 heteroatoms. The highest BCUT2D eigenvalue weighted by molar-refractivity contribution is 5.96. The van der Waals surface area contributed by atoms with Crippen LogP contribution >= 0.6 is 0 Å². The van der Waals surface area contributed by atoms with Gasteiger partial charge in [0.1, 0.15) is 22.6 Å². The number of halogens is 4. The van der Waals surface area contributed by atoms with E-state index in [0.29, 0.717) is 24.0 Å². The van der Waals surface area contributed by atoms with E-state index in [9.17, 15) is 32.5 Å². The third-order valence-electron chi connectivity index (χ3n) is 6.40. The Bertz CT molecular complexity index is 1400. The number of nitrogens with zero attached hydrogens (tertiary/aromatic N) is 5. The number of piperidine rings is 1. The predicted octanol–water partition coefficient (Wildman–Crippen LogP) is 6.17. The summed E-state index contributed by atoms with van der Waals surface area (Å²) in [7, 11) is 1.59. The summed E-state index contributed by atoms with van der Waals surface area (Å²) >= 11 is 0. The number of benzene rings is 2. The van der Waals surface area contributed by atoms with Crippen molar-refractivity contribution < 1.29 is 32.0 Å². The first-order valence-electron chi connectivity index (χ1n) is 12.4. The molecule has 0 bridgehead atoms. The zero-order chi connectivity index (χ0) is 28.7. The highest BCUT2D eigenvalue weighted by Gasteiger charge is 2.40. The Morgan fingerprint density at radius 3 is 2.51 bits per heavy atom. The van der Waals surface area contributed by atoms with E-state index in [1.54, 1.807) is 32.7 Å². The number of ether oxygens (including phenoxy) is 1. The molecule has 1 amide bonds. The largest absolute Gasteiger partial charge is 0.450 e. The minimum absolute atomic E-state index is 0.0669. The standard InChI is InChI=1S/C26H29F4N5O4/c1-25(2,3)39-24(36)32(4)14-16-8-7-13-33(15-16)22-20(35(37)38)12-11-19-21(22)31-23(26(28,29)30)34(19)18-10-6-5-9-17(18)27/h5-6,9-12,16H,7-8,13-15H2,1-4H3/t16-/m0/s1. The number of hydrogen-bond acceptors (Lipinski definition) is 6. The lowest BCUT2D eigenvalue weighted by Crippen LogP contribution is -2.43. The fourth-order valence-corrected chi connectivity index (χ4v) is 4.86. The Hall–Kier alpha value is -3.90. The van der Waals surface area contributed by atoms with Gasteiger partial charge in [-0.25, -0.2) is 14.2 Å². The molecule has 2 aromatic carbocycles. The first-order chi connectivity index (χ1) is 18.2. The van der Waals surface area contributed by atoms with Crippen LogP contribution in [0.1, 0.15) is 39.4 Å². The van der Waals surface area contributed by atoms with Crippen LogP contribution in [-0.4, -0.2) is 57.8 Å². The molecule has 1 saturated heterocycles. The molecule has 0 radical (unpaired) electrons. The molecule has 1 fully saturated rings. The molecule has 1 aromatic heterocycles. The number of anilines is 1. The number of carbonyl (C=O) groups is 1. The maximum atomic E-state index is 14.7. The Labute approximate surface area is 222 Å². The van der Waals surface area contributed by atoms with Crippen LogP contribution in [-0.2, 0) is 10.9 Å². The minimum atomic E-state index is -4.96. The van der Waals surface area contributed by atoms with Crippen LogP contribution in [0.4, 0.5) is 33.7 Å². The summed E-state index contributed by atoms with van der Waals surface area (Å²) in [6.45, 7) is 6.09. The van der Waals surface area contributed by atoms with Crippen molar-refractivity contribution >= 4 is 28.5 Å². The number of nitro benzene ring substituents is 1. The quantitative estimate of drug-likeness (QED) is 0.214. The maximum absolute atomic E-state index is 14.7. The zero-order valence-corrected chi connectivity index (χ0v) is 22.0. The molecule has 1 aliphatic rings. The summed E-state index contributed by atoms with van der Waals surface area (Å²) in [5.41, 5.74) is -1.89. The monoisotopic (exact) mass is 551 g/mol. The van der Waals surface area contributed by atoms with Gasteiger partial charge in [0.15, 0.2) is 0 Å². The summed E-state index contributed by atoms with van der Waals surface area (Å²) in [5, 5.41) is 12.0. The van der Waals surface area contributed by atoms with Crippen LogP contribution in [0.3, 0.4) is 0 Å². The second-order valence-electron chi connectivity index (χ2n) is 10.6. The Balaban J connectivity index is 1.79. The Morgan fingerprint density at radius 2 is 1.90 bits per heavy atom. The smallest absolute Gasteiger partial charge is 0.444 e. The molecule has 3 aromatic rings. The lowest BCUT2D eigenvalue weighted by Gasteiger charge is -2.36. The van der Waals surface area contributed by atoms with Crippen LogP contribution < -0.4 is 4.90 Å². The third kappa shape index (κ3) is 5.91. The van der Waals surface area contributed by atoms with Crippen molar-refractivity contribution in [3.8, 4) is 5.69 Å². The molecule has 0 N–H and O–H groups in total. The summed E-state index contributed by atoms with van der Waals surface area (Å²) in [4.78, 5) is 30.6. The van der Waals surface area contributed by atoms with Gasteiger partial charge in [-0.05, 0) is 57.7 Å². The van der Waals surface area contributed by atoms with Gasteiger partial charge in [-0.3, -0.25) is 14.7 Å². The Morgan fingerprint density at radius 1 is 1.21 bits per heavy atom. The van der Waals surface area contributed by atoms with Gasteiger partial charge in [-0.2, -0.15) is 13.2 Å². The molecule has 4 rings (SSSR count). The summed E-state index contributed by atoms with van der Waals surface area (Å²) < 4.78 is 63.1. The van der Waals surface area contributed by atoms with Crippen molar-refractivity contribution in [2.24, 2.45) is 5.92 Å². The number of nitro groups is 1. The van der Waals surface area contributed by atoms with E-state index in [1.807, 2.05) is 0 Å². The van der Waals surface area contributed by atoms with E-state index in [4.69, 9.17) is 4.74 Å². The average molecular weight is 552 g/mol. The predicted molar refractivity (Wildman–Crippen MR) is 136 cm³/mol. The normalized spacial score (nSPS) is 16.4. The molecule has 1 atom stereocenters. The van der Waals surface area contributed by atoms with Gasteiger partial charge in [0, 0.05) is 32.7 Å². The van der Waals surface area contributed by atoms with Gasteiger partial charge in [0.05, 0.1) is 16.1 Å². The second-order valence-corrected chi connectivity index (χ2v) is 10.6. The van der Waals surface area contributed by atoms with Gasteiger partial charge in [0.2, 0.25) is 5.82 Å². The van der Waals surface area contributed by atoms with Crippen molar-refractivity contribution in [3.63, 3.8) is 0 Å². The van der Waals surface area contributed by atoms with Gasteiger partial charge in [-0.1, -0.05) is 12.1 Å².